The third-order valence-electron chi connectivity index (χ3n) is 5.52. The normalized spacial score (nSPS) is 31.2. The van der Waals surface area contributed by atoms with Gasteiger partial charge in [-0.2, -0.15) is 0 Å². The lowest BCUT2D eigenvalue weighted by Gasteiger charge is -2.21. The van der Waals surface area contributed by atoms with Crippen LogP contribution < -0.4 is 10.6 Å². The molecule has 3 atom stereocenters. The Morgan fingerprint density at radius 2 is 2.08 bits per heavy atom. The van der Waals surface area contributed by atoms with Gasteiger partial charge in [-0.1, -0.05) is 12.1 Å². The van der Waals surface area contributed by atoms with Crippen LogP contribution in [0.25, 0.3) is 0 Å². The molecule has 4 rings (SSSR count). The summed E-state index contributed by atoms with van der Waals surface area (Å²) in [6, 6.07) is 7.92. The number of likely N-dealkylation sites (tertiary alicyclic amines) is 1. The molecule has 3 unspecified atom stereocenters. The predicted octanol–water partition coefficient (Wildman–Crippen LogP) is 0.0627. The molecule has 0 spiro atoms. The molecule has 0 aromatic heterocycles. The smallest absolute Gasteiger partial charge is 0.414 e. The fourth-order valence-corrected chi connectivity index (χ4v) is 4.05. The lowest BCUT2D eigenvalue weighted by molar-refractivity contribution is -0.133. The molecule has 1 aromatic rings. The number of carbonyl (C=O) groups is 2. The van der Waals surface area contributed by atoms with E-state index in [-0.39, 0.29) is 23.5 Å². The van der Waals surface area contributed by atoms with Crippen LogP contribution in [0.15, 0.2) is 24.3 Å². The molecular weight excluding hydrogens is 310 g/mol. The van der Waals surface area contributed by atoms with Gasteiger partial charge < -0.3 is 20.5 Å². The van der Waals surface area contributed by atoms with Crippen LogP contribution in [0, 0.1) is 5.92 Å². The maximum atomic E-state index is 11.9. The Bertz CT molecular complexity index is 677. The fraction of sp³-hybridized carbons (Fsp3) is 0.529. The zero-order valence-electron chi connectivity index (χ0n) is 13.4. The summed E-state index contributed by atoms with van der Waals surface area (Å²) < 4.78 is 5.18. The summed E-state index contributed by atoms with van der Waals surface area (Å²) in [6.45, 7) is 1.75. The zero-order valence-corrected chi connectivity index (χ0v) is 13.4. The number of nitrogens with two attached hydrogens (primary N) is 1. The Hall–Kier alpha value is -2.12. The summed E-state index contributed by atoms with van der Waals surface area (Å²) in [5, 5.41) is 9.03. The Morgan fingerprint density at radius 1 is 1.33 bits per heavy atom. The molecule has 2 heterocycles. The van der Waals surface area contributed by atoms with Gasteiger partial charge in [-0.05, 0) is 30.0 Å². The molecule has 0 bridgehead atoms. The number of aliphatic hydroxyl groups excluding tert-OH is 1. The number of rotatable bonds is 4. The molecule has 3 N–H and O–H groups in total. The first kappa shape index (κ1) is 15.4. The van der Waals surface area contributed by atoms with Crippen molar-refractivity contribution in [2.75, 3.05) is 37.7 Å². The third kappa shape index (κ3) is 2.27. The van der Waals surface area contributed by atoms with Crippen molar-refractivity contribution in [3.63, 3.8) is 0 Å². The Kier molecular flexibility index (Phi) is 3.51. The van der Waals surface area contributed by atoms with Crippen molar-refractivity contribution < 1.29 is 19.4 Å². The number of fused-ring (bicyclic) bond motifs is 1. The largest absolute Gasteiger partial charge is 0.443 e. The number of nitrogens with zero attached hydrogens (tertiary/aromatic N) is 2. The number of hydrogen-bond acceptors (Lipinski definition) is 5. The first-order valence-electron chi connectivity index (χ1n) is 8.25. The molecule has 24 heavy (non-hydrogen) atoms. The molecule has 2 aliphatic heterocycles. The minimum atomic E-state index is -0.429. The van der Waals surface area contributed by atoms with E-state index >= 15 is 0 Å². The SMILES string of the molecule is NCC1CN(c2ccc(C34CC3CN(C(=O)CO)C4)cc2)C(=O)O1. The number of cyclic esters (lactones) is 1. The number of carbonyl (C=O) groups excluding carboxylic acids is 2. The minimum Gasteiger partial charge on any atom is -0.443 e. The van der Waals surface area contributed by atoms with E-state index in [0.29, 0.717) is 25.6 Å². The quantitative estimate of drug-likeness (QED) is 0.813. The molecule has 2 amide bonds. The number of aliphatic hydroxyl groups is 1. The molecule has 2 saturated heterocycles. The highest BCUT2D eigenvalue weighted by Gasteiger charge is 2.61. The van der Waals surface area contributed by atoms with Crippen molar-refractivity contribution in [1.82, 2.24) is 4.90 Å². The van der Waals surface area contributed by atoms with Crippen molar-refractivity contribution >= 4 is 17.7 Å². The summed E-state index contributed by atoms with van der Waals surface area (Å²) in [4.78, 5) is 26.9. The van der Waals surface area contributed by atoms with Crippen LogP contribution in [0.4, 0.5) is 10.5 Å². The summed E-state index contributed by atoms with van der Waals surface area (Å²) in [7, 11) is 0. The van der Waals surface area contributed by atoms with Gasteiger partial charge in [0.05, 0.1) is 6.54 Å². The van der Waals surface area contributed by atoms with Gasteiger partial charge in [0.2, 0.25) is 5.91 Å². The minimum absolute atomic E-state index is 0.0225. The van der Waals surface area contributed by atoms with E-state index in [2.05, 4.69) is 0 Å². The van der Waals surface area contributed by atoms with Gasteiger partial charge in [0.15, 0.2) is 0 Å². The second-order valence-electron chi connectivity index (χ2n) is 6.89. The summed E-state index contributed by atoms with van der Waals surface area (Å²) in [5.74, 6) is 0.267. The van der Waals surface area contributed by atoms with Crippen LogP contribution in [-0.4, -0.2) is 60.9 Å². The average molecular weight is 331 g/mol. The predicted molar refractivity (Wildman–Crippen MR) is 86.6 cm³/mol. The Labute approximate surface area is 140 Å². The van der Waals surface area contributed by atoms with Crippen LogP contribution in [0.3, 0.4) is 0 Å². The van der Waals surface area contributed by atoms with Gasteiger partial charge in [0, 0.05) is 30.7 Å². The van der Waals surface area contributed by atoms with Crippen LogP contribution in [-0.2, 0) is 14.9 Å². The third-order valence-corrected chi connectivity index (χ3v) is 5.52. The average Bonchev–Trinajstić information content (AvgIpc) is 2.98. The van der Waals surface area contributed by atoms with Gasteiger partial charge in [-0.15, -0.1) is 0 Å². The first-order valence-corrected chi connectivity index (χ1v) is 8.25. The van der Waals surface area contributed by atoms with Gasteiger partial charge in [-0.25, -0.2) is 4.79 Å². The van der Waals surface area contributed by atoms with Crippen molar-refractivity contribution in [2.24, 2.45) is 11.7 Å². The molecule has 1 aromatic carbocycles. The number of amides is 2. The molecule has 7 nitrogen and oxygen atoms in total. The summed E-state index contributed by atoms with van der Waals surface area (Å²) in [5.41, 5.74) is 7.57. The second kappa shape index (κ2) is 5.46. The maximum absolute atomic E-state index is 11.9. The van der Waals surface area contributed by atoms with E-state index < -0.39 is 6.61 Å². The van der Waals surface area contributed by atoms with E-state index in [0.717, 1.165) is 18.7 Å². The lowest BCUT2D eigenvalue weighted by Crippen LogP contribution is -2.34. The van der Waals surface area contributed by atoms with Crippen LogP contribution in [0.2, 0.25) is 0 Å². The molecule has 3 aliphatic rings. The van der Waals surface area contributed by atoms with Crippen molar-refractivity contribution in [3.8, 4) is 0 Å². The van der Waals surface area contributed by atoms with E-state index in [1.165, 1.54) is 5.56 Å². The summed E-state index contributed by atoms with van der Waals surface area (Å²) in [6.07, 6.45) is 0.459. The van der Waals surface area contributed by atoms with Crippen molar-refractivity contribution in [1.29, 1.82) is 0 Å². The monoisotopic (exact) mass is 331 g/mol. The van der Waals surface area contributed by atoms with Gasteiger partial charge in [0.1, 0.15) is 12.7 Å². The molecule has 7 heteroatoms. The Morgan fingerprint density at radius 3 is 2.71 bits per heavy atom. The lowest BCUT2D eigenvalue weighted by atomic mass is 9.94. The second-order valence-corrected chi connectivity index (χ2v) is 6.89. The molecule has 0 radical (unpaired) electrons. The van der Waals surface area contributed by atoms with Gasteiger partial charge in [0.25, 0.3) is 0 Å². The standard InChI is InChI=1S/C17H21N3O4/c18-6-14-8-20(16(23)24-14)13-3-1-11(2-4-13)17-5-12(17)7-19(10-17)15(22)9-21/h1-4,12,14,21H,5-10,18H2. The fourth-order valence-electron chi connectivity index (χ4n) is 4.05. The van der Waals surface area contributed by atoms with E-state index in [4.69, 9.17) is 15.6 Å². The first-order chi connectivity index (χ1) is 11.6. The maximum Gasteiger partial charge on any atom is 0.414 e. The molecule has 1 aliphatic carbocycles. The number of ether oxygens (including phenoxy) is 1. The topological polar surface area (TPSA) is 96.1 Å². The molecular formula is C17H21N3O4. The van der Waals surface area contributed by atoms with Gasteiger partial charge in [-0.3, -0.25) is 9.69 Å². The van der Waals surface area contributed by atoms with Crippen LogP contribution in [0.5, 0.6) is 0 Å². The van der Waals surface area contributed by atoms with E-state index in [1.54, 1.807) is 9.80 Å². The van der Waals surface area contributed by atoms with Crippen molar-refractivity contribution in [3.05, 3.63) is 29.8 Å². The molecule has 128 valence electrons. The van der Waals surface area contributed by atoms with Crippen LogP contribution in [0.1, 0.15) is 12.0 Å². The van der Waals surface area contributed by atoms with Crippen LogP contribution >= 0.6 is 0 Å². The molecule has 3 fully saturated rings. The van der Waals surface area contributed by atoms with Gasteiger partial charge >= 0.3 is 6.09 Å². The van der Waals surface area contributed by atoms with E-state index in [9.17, 15) is 9.59 Å². The highest BCUT2D eigenvalue weighted by atomic mass is 16.6. The zero-order chi connectivity index (χ0) is 16.9. The number of piperidine rings is 1. The number of anilines is 1. The van der Waals surface area contributed by atoms with E-state index in [1.807, 2.05) is 24.3 Å². The highest BCUT2D eigenvalue weighted by Crippen LogP contribution is 2.59. The molecule has 1 saturated carbocycles. The Balaban J connectivity index is 1.50. The van der Waals surface area contributed by atoms with Crippen molar-refractivity contribution in [2.45, 2.75) is 17.9 Å². The number of hydrogen-bond donors (Lipinski definition) is 2. The summed E-state index contributed by atoms with van der Waals surface area (Å²) >= 11 is 0. The highest BCUT2D eigenvalue weighted by molar-refractivity contribution is 5.89. The number of benzene rings is 1.